The van der Waals surface area contributed by atoms with E-state index in [1.807, 2.05) is 4.90 Å². The van der Waals surface area contributed by atoms with Crippen molar-refractivity contribution in [2.45, 2.75) is 32.5 Å². The third kappa shape index (κ3) is 5.52. The molecule has 11 heteroatoms. The van der Waals surface area contributed by atoms with Crippen molar-refractivity contribution < 1.29 is 27.3 Å². The highest BCUT2D eigenvalue weighted by Gasteiger charge is 2.32. The van der Waals surface area contributed by atoms with Crippen molar-refractivity contribution in [3.05, 3.63) is 35.7 Å². The van der Waals surface area contributed by atoms with Crippen LogP contribution < -0.4 is 0 Å². The predicted molar refractivity (Wildman–Crippen MR) is 112 cm³/mol. The first kappa shape index (κ1) is 23.2. The first-order valence-corrected chi connectivity index (χ1v) is 11.0. The second-order valence-corrected chi connectivity index (χ2v) is 8.47. The van der Waals surface area contributed by atoms with Gasteiger partial charge in [0.1, 0.15) is 0 Å². The Kier molecular flexibility index (Phi) is 6.68. The number of piperazine rings is 1. The van der Waals surface area contributed by atoms with Crippen molar-refractivity contribution in [2.75, 3.05) is 39.3 Å². The lowest BCUT2D eigenvalue weighted by Gasteiger charge is -2.38. The third-order valence-electron chi connectivity index (χ3n) is 6.25. The predicted octanol–water partition coefficient (Wildman–Crippen LogP) is 2.66. The Morgan fingerprint density at radius 1 is 1.06 bits per heavy atom. The number of hydrogen-bond acceptors (Lipinski definition) is 6. The summed E-state index contributed by atoms with van der Waals surface area (Å²) >= 11 is 0. The van der Waals surface area contributed by atoms with Gasteiger partial charge in [-0.25, -0.2) is 0 Å². The summed E-state index contributed by atoms with van der Waals surface area (Å²) in [6, 6.07) is 4.82. The van der Waals surface area contributed by atoms with Crippen molar-refractivity contribution in [1.82, 2.24) is 24.8 Å². The molecule has 0 bridgehead atoms. The van der Waals surface area contributed by atoms with Crippen LogP contribution in [0, 0.1) is 5.92 Å². The van der Waals surface area contributed by atoms with Crippen LogP contribution in [0.2, 0.25) is 0 Å². The molecule has 2 aliphatic heterocycles. The minimum atomic E-state index is -4.44. The summed E-state index contributed by atoms with van der Waals surface area (Å²) in [6.07, 6.45) is -3.05. The highest BCUT2D eigenvalue weighted by molar-refractivity contribution is 5.80. The zero-order valence-corrected chi connectivity index (χ0v) is 18.3. The standard InChI is InChI=1S/C22H26F3N5O3/c1-15(31)29-7-5-16(6-8-29)21(32)30-11-9-28(10-12-30)14-19-26-20(27-33-19)17-3-2-4-18(13-17)22(23,24)25/h2-4,13,16H,5-12,14H2,1H3. The van der Waals surface area contributed by atoms with Crippen molar-refractivity contribution in [2.24, 2.45) is 5.92 Å². The average molecular weight is 465 g/mol. The molecule has 2 aromatic rings. The summed E-state index contributed by atoms with van der Waals surface area (Å²) in [7, 11) is 0. The Morgan fingerprint density at radius 2 is 1.76 bits per heavy atom. The Bertz CT molecular complexity index is 993. The van der Waals surface area contributed by atoms with Gasteiger partial charge in [0.2, 0.25) is 23.5 Å². The SMILES string of the molecule is CC(=O)N1CCC(C(=O)N2CCN(Cc3nc(-c4cccc(C(F)(F)F)c4)no3)CC2)CC1. The van der Waals surface area contributed by atoms with Gasteiger partial charge in [0.15, 0.2) is 0 Å². The smallest absolute Gasteiger partial charge is 0.343 e. The topological polar surface area (TPSA) is 82.8 Å². The molecule has 0 radical (unpaired) electrons. The summed E-state index contributed by atoms with van der Waals surface area (Å²) < 4.78 is 44.1. The third-order valence-corrected chi connectivity index (χ3v) is 6.25. The van der Waals surface area contributed by atoms with Crippen LogP contribution in [0.4, 0.5) is 13.2 Å². The number of rotatable bonds is 4. The van der Waals surface area contributed by atoms with Crippen LogP contribution in [-0.4, -0.2) is 75.9 Å². The van der Waals surface area contributed by atoms with Gasteiger partial charge >= 0.3 is 6.18 Å². The van der Waals surface area contributed by atoms with Crippen LogP contribution >= 0.6 is 0 Å². The normalized spacial score (nSPS) is 18.5. The van der Waals surface area contributed by atoms with E-state index < -0.39 is 11.7 Å². The number of carbonyl (C=O) groups is 2. The Balaban J connectivity index is 1.28. The fraction of sp³-hybridized carbons (Fsp3) is 0.545. The molecule has 178 valence electrons. The number of halogens is 3. The van der Waals surface area contributed by atoms with Crippen molar-refractivity contribution >= 4 is 11.8 Å². The largest absolute Gasteiger partial charge is 0.416 e. The molecule has 0 unspecified atom stereocenters. The molecule has 33 heavy (non-hydrogen) atoms. The van der Waals surface area contributed by atoms with Crippen molar-refractivity contribution in [3.63, 3.8) is 0 Å². The summed E-state index contributed by atoms with van der Waals surface area (Å²) in [6.45, 7) is 5.60. The van der Waals surface area contributed by atoms with Gasteiger partial charge in [0, 0.05) is 57.7 Å². The zero-order chi connectivity index (χ0) is 23.6. The first-order valence-electron chi connectivity index (χ1n) is 11.0. The van der Waals surface area contributed by atoms with E-state index in [1.54, 1.807) is 11.8 Å². The minimum Gasteiger partial charge on any atom is -0.343 e. The molecule has 1 aromatic carbocycles. The number of hydrogen-bond donors (Lipinski definition) is 0. The van der Waals surface area contributed by atoms with E-state index in [1.165, 1.54) is 12.1 Å². The van der Waals surface area contributed by atoms with Crippen LogP contribution in [0.15, 0.2) is 28.8 Å². The van der Waals surface area contributed by atoms with Crippen LogP contribution in [0.25, 0.3) is 11.4 Å². The van der Waals surface area contributed by atoms with Crippen molar-refractivity contribution in [1.29, 1.82) is 0 Å². The first-order chi connectivity index (χ1) is 15.7. The molecule has 1 aromatic heterocycles. The van der Waals surface area contributed by atoms with Gasteiger partial charge in [-0.15, -0.1) is 0 Å². The molecular weight excluding hydrogens is 439 g/mol. The van der Waals surface area contributed by atoms with E-state index in [0.29, 0.717) is 64.5 Å². The molecule has 2 saturated heterocycles. The molecule has 0 spiro atoms. The average Bonchev–Trinajstić information content (AvgIpc) is 3.27. The maximum Gasteiger partial charge on any atom is 0.416 e. The van der Waals surface area contributed by atoms with Gasteiger partial charge in [0.25, 0.3) is 0 Å². The van der Waals surface area contributed by atoms with Crippen molar-refractivity contribution in [3.8, 4) is 11.4 Å². The zero-order valence-electron chi connectivity index (χ0n) is 18.3. The highest BCUT2D eigenvalue weighted by atomic mass is 19.4. The summed E-state index contributed by atoms with van der Waals surface area (Å²) in [4.78, 5) is 34.3. The van der Waals surface area contributed by atoms with E-state index in [9.17, 15) is 22.8 Å². The maximum absolute atomic E-state index is 12.9. The number of amides is 2. The number of piperidine rings is 1. The lowest BCUT2D eigenvalue weighted by Crippen LogP contribution is -2.51. The molecule has 3 heterocycles. The lowest BCUT2D eigenvalue weighted by molar-refractivity contribution is -0.141. The van der Waals surface area contributed by atoms with E-state index in [4.69, 9.17) is 4.52 Å². The molecule has 2 aliphatic rings. The number of alkyl halides is 3. The monoisotopic (exact) mass is 465 g/mol. The van der Waals surface area contributed by atoms with Crippen LogP contribution in [-0.2, 0) is 22.3 Å². The fourth-order valence-electron chi connectivity index (χ4n) is 4.29. The molecule has 2 amide bonds. The number of carbonyl (C=O) groups excluding carboxylic acids is 2. The van der Waals surface area contributed by atoms with Gasteiger partial charge in [-0.1, -0.05) is 17.3 Å². The van der Waals surface area contributed by atoms with Gasteiger partial charge in [-0.3, -0.25) is 14.5 Å². The summed E-state index contributed by atoms with van der Waals surface area (Å²) in [5, 5.41) is 3.83. The molecule has 8 nitrogen and oxygen atoms in total. The lowest BCUT2D eigenvalue weighted by atomic mass is 9.95. The van der Waals surface area contributed by atoms with E-state index in [-0.39, 0.29) is 29.1 Å². The Morgan fingerprint density at radius 3 is 2.39 bits per heavy atom. The minimum absolute atomic E-state index is 0.0434. The second-order valence-electron chi connectivity index (χ2n) is 8.47. The molecular formula is C22H26F3N5O3. The quantitative estimate of drug-likeness (QED) is 0.691. The Labute approximate surface area is 189 Å². The second kappa shape index (κ2) is 9.50. The number of nitrogens with zero attached hydrogens (tertiary/aromatic N) is 5. The fourth-order valence-corrected chi connectivity index (χ4v) is 4.29. The van der Waals surface area contributed by atoms with E-state index >= 15 is 0 Å². The van der Waals surface area contributed by atoms with Gasteiger partial charge in [-0.2, -0.15) is 18.2 Å². The molecule has 2 fully saturated rings. The molecule has 0 N–H and O–H groups in total. The molecule has 0 aliphatic carbocycles. The highest BCUT2D eigenvalue weighted by Crippen LogP contribution is 2.31. The number of likely N-dealkylation sites (tertiary alicyclic amines) is 1. The van der Waals surface area contributed by atoms with Crippen LogP contribution in [0.1, 0.15) is 31.2 Å². The van der Waals surface area contributed by atoms with Crippen LogP contribution in [0.3, 0.4) is 0 Å². The summed E-state index contributed by atoms with van der Waals surface area (Å²) in [5.41, 5.74) is -0.523. The maximum atomic E-state index is 12.9. The van der Waals surface area contributed by atoms with Gasteiger partial charge in [-0.05, 0) is 25.0 Å². The van der Waals surface area contributed by atoms with Gasteiger partial charge < -0.3 is 14.3 Å². The molecule has 0 saturated carbocycles. The number of benzene rings is 1. The van der Waals surface area contributed by atoms with Crippen LogP contribution in [0.5, 0.6) is 0 Å². The molecule has 4 rings (SSSR count). The van der Waals surface area contributed by atoms with E-state index in [2.05, 4.69) is 15.0 Å². The van der Waals surface area contributed by atoms with Gasteiger partial charge in [0.05, 0.1) is 12.1 Å². The number of aromatic nitrogens is 2. The molecule has 0 atom stereocenters. The summed E-state index contributed by atoms with van der Waals surface area (Å²) in [5.74, 6) is 0.577. The van der Waals surface area contributed by atoms with E-state index in [0.717, 1.165) is 12.1 Å². The Hall–Kier alpha value is -2.95.